The predicted octanol–water partition coefficient (Wildman–Crippen LogP) is 2.91. The molecule has 0 bridgehead atoms. The van der Waals surface area contributed by atoms with Gasteiger partial charge in [-0.1, -0.05) is 18.9 Å². The van der Waals surface area contributed by atoms with Crippen molar-refractivity contribution in [1.82, 2.24) is 15.1 Å². The molecule has 8 heteroatoms. The average molecular weight is 419 g/mol. The molecule has 0 atom stereocenters. The van der Waals surface area contributed by atoms with Crippen LogP contribution in [0, 0.1) is 27.7 Å². The van der Waals surface area contributed by atoms with E-state index >= 15 is 0 Å². The van der Waals surface area contributed by atoms with Crippen molar-refractivity contribution in [2.45, 2.75) is 64.3 Å². The summed E-state index contributed by atoms with van der Waals surface area (Å²) in [4.78, 5) is 12.9. The van der Waals surface area contributed by atoms with Crippen LogP contribution in [0.15, 0.2) is 23.1 Å². The van der Waals surface area contributed by atoms with Crippen molar-refractivity contribution >= 4 is 21.6 Å². The number of aromatic nitrogens is 2. The summed E-state index contributed by atoms with van der Waals surface area (Å²) in [6.07, 6.45) is 4.09. The maximum Gasteiger partial charge on any atom is 0.268 e. The zero-order chi connectivity index (χ0) is 21.3. The first-order valence-corrected chi connectivity index (χ1v) is 11.4. The van der Waals surface area contributed by atoms with E-state index in [1.54, 1.807) is 37.7 Å². The molecule has 0 spiro atoms. The standard InChI is InChI=1S/C21H30N4O3S/c1-14-10-15(2)12-19(11-14)25(13-20(26)22-18-8-6-7-9-18)29(27,28)21-16(3)23-24(5)17(21)4/h10-12,18H,6-9,13H2,1-5H3,(H,22,26). The van der Waals surface area contributed by atoms with Gasteiger partial charge in [0.2, 0.25) is 5.91 Å². The van der Waals surface area contributed by atoms with Crippen LogP contribution < -0.4 is 9.62 Å². The molecule has 0 unspecified atom stereocenters. The minimum absolute atomic E-state index is 0.133. The summed E-state index contributed by atoms with van der Waals surface area (Å²) in [5, 5.41) is 7.26. The number of carbonyl (C=O) groups is 1. The molecule has 1 aromatic carbocycles. The first-order chi connectivity index (χ1) is 13.6. The first kappa shape index (κ1) is 21.4. The molecule has 1 N–H and O–H groups in total. The third kappa shape index (κ3) is 4.47. The van der Waals surface area contributed by atoms with Crippen molar-refractivity contribution in [3.05, 3.63) is 40.7 Å². The number of hydrogen-bond acceptors (Lipinski definition) is 4. The number of nitrogens with zero attached hydrogens (tertiary/aromatic N) is 3. The van der Waals surface area contributed by atoms with Crippen LogP contribution in [0.1, 0.15) is 48.2 Å². The summed E-state index contributed by atoms with van der Waals surface area (Å²) in [5.41, 5.74) is 3.35. The molecule has 0 aliphatic heterocycles. The number of sulfonamides is 1. The fourth-order valence-electron chi connectivity index (χ4n) is 4.12. The molecule has 1 fully saturated rings. The molecule has 158 valence electrons. The van der Waals surface area contributed by atoms with E-state index in [4.69, 9.17) is 0 Å². The second kappa shape index (κ2) is 8.18. The number of aryl methyl sites for hydroxylation is 4. The molecule has 1 amide bonds. The van der Waals surface area contributed by atoms with E-state index in [2.05, 4.69) is 10.4 Å². The Morgan fingerprint density at radius 1 is 1.14 bits per heavy atom. The van der Waals surface area contributed by atoms with E-state index in [1.807, 2.05) is 19.9 Å². The van der Waals surface area contributed by atoms with Gasteiger partial charge in [0.05, 0.1) is 17.1 Å². The van der Waals surface area contributed by atoms with Crippen molar-refractivity contribution in [2.24, 2.45) is 7.05 Å². The number of hydrogen-bond donors (Lipinski definition) is 1. The van der Waals surface area contributed by atoms with Crippen LogP contribution in [-0.4, -0.2) is 36.7 Å². The summed E-state index contributed by atoms with van der Waals surface area (Å²) in [6, 6.07) is 5.71. The van der Waals surface area contributed by atoms with Gasteiger partial charge in [-0.25, -0.2) is 8.42 Å². The molecule has 1 aliphatic carbocycles. The van der Waals surface area contributed by atoms with Gasteiger partial charge in [-0.3, -0.25) is 13.8 Å². The van der Waals surface area contributed by atoms with Crippen molar-refractivity contribution in [3.63, 3.8) is 0 Å². The highest BCUT2D eigenvalue weighted by Gasteiger charge is 2.33. The Morgan fingerprint density at radius 3 is 2.24 bits per heavy atom. The molecule has 29 heavy (non-hydrogen) atoms. The highest BCUT2D eigenvalue weighted by Crippen LogP contribution is 2.29. The van der Waals surface area contributed by atoms with Gasteiger partial charge in [0.25, 0.3) is 10.0 Å². The summed E-state index contributed by atoms with van der Waals surface area (Å²) in [6.45, 7) is 6.99. The Bertz CT molecular complexity index is 1000. The van der Waals surface area contributed by atoms with Crippen LogP contribution in [0.4, 0.5) is 5.69 Å². The van der Waals surface area contributed by atoms with Gasteiger partial charge in [0.1, 0.15) is 11.4 Å². The molecule has 0 radical (unpaired) electrons. The Kier molecular flexibility index (Phi) is 6.03. The largest absolute Gasteiger partial charge is 0.352 e. The molecule has 1 aliphatic rings. The number of amides is 1. The summed E-state index contributed by atoms with van der Waals surface area (Å²) >= 11 is 0. The Morgan fingerprint density at radius 2 is 1.72 bits per heavy atom. The van der Waals surface area contributed by atoms with Crippen LogP contribution in [0.2, 0.25) is 0 Å². The molecule has 2 aromatic rings. The lowest BCUT2D eigenvalue weighted by molar-refractivity contribution is -0.120. The van der Waals surface area contributed by atoms with Crippen molar-refractivity contribution < 1.29 is 13.2 Å². The minimum Gasteiger partial charge on any atom is -0.352 e. The number of benzene rings is 1. The fraction of sp³-hybridized carbons (Fsp3) is 0.524. The zero-order valence-corrected chi connectivity index (χ0v) is 18.6. The van der Waals surface area contributed by atoms with E-state index in [0.717, 1.165) is 36.8 Å². The van der Waals surface area contributed by atoms with Crippen LogP contribution in [0.3, 0.4) is 0 Å². The number of anilines is 1. The lowest BCUT2D eigenvalue weighted by Crippen LogP contribution is -2.44. The lowest BCUT2D eigenvalue weighted by atomic mass is 10.1. The molecular formula is C21H30N4O3S. The normalized spacial score (nSPS) is 14.9. The van der Waals surface area contributed by atoms with Crippen molar-refractivity contribution in [3.8, 4) is 0 Å². The van der Waals surface area contributed by atoms with E-state index < -0.39 is 10.0 Å². The molecule has 0 saturated heterocycles. The second-order valence-corrected chi connectivity index (χ2v) is 9.83. The monoisotopic (exact) mass is 418 g/mol. The smallest absolute Gasteiger partial charge is 0.268 e. The van der Waals surface area contributed by atoms with Crippen LogP contribution in [0.25, 0.3) is 0 Å². The van der Waals surface area contributed by atoms with Gasteiger partial charge in [0, 0.05) is 13.1 Å². The second-order valence-electron chi connectivity index (χ2n) is 8.03. The average Bonchev–Trinajstić information content (AvgIpc) is 3.19. The van der Waals surface area contributed by atoms with Crippen LogP contribution >= 0.6 is 0 Å². The Balaban J connectivity index is 2.03. The number of rotatable bonds is 6. The van der Waals surface area contributed by atoms with Gasteiger partial charge in [-0.2, -0.15) is 5.10 Å². The van der Waals surface area contributed by atoms with Crippen molar-refractivity contribution in [1.29, 1.82) is 0 Å². The van der Waals surface area contributed by atoms with E-state index in [0.29, 0.717) is 17.1 Å². The van der Waals surface area contributed by atoms with Gasteiger partial charge in [-0.15, -0.1) is 0 Å². The van der Waals surface area contributed by atoms with E-state index in [1.165, 1.54) is 4.31 Å². The zero-order valence-electron chi connectivity index (χ0n) is 17.8. The summed E-state index contributed by atoms with van der Waals surface area (Å²) < 4.78 is 30.1. The topological polar surface area (TPSA) is 84.3 Å². The Hall–Kier alpha value is -2.35. The third-order valence-corrected chi connectivity index (χ3v) is 7.52. The number of nitrogens with one attached hydrogen (secondary N) is 1. The molecule has 1 heterocycles. The highest BCUT2D eigenvalue weighted by molar-refractivity contribution is 7.93. The number of carbonyl (C=O) groups excluding carboxylic acids is 1. The fourth-order valence-corrected chi connectivity index (χ4v) is 5.93. The molecule has 1 aromatic heterocycles. The van der Waals surface area contributed by atoms with Crippen LogP contribution in [0.5, 0.6) is 0 Å². The van der Waals surface area contributed by atoms with Gasteiger partial charge in [-0.05, 0) is 63.8 Å². The molecular weight excluding hydrogens is 388 g/mol. The van der Waals surface area contributed by atoms with E-state index in [9.17, 15) is 13.2 Å². The van der Waals surface area contributed by atoms with E-state index in [-0.39, 0.29) is 23.4 Å². The minimum atomic E-state index is -3.97. The molecule has 1 saturated carbocycles. The lowest BCUT2D eigenvalue weighted by Gasteiger charge is -2.26. The molecule has 3 rings (SSSR count). The van der Waals surface area contributed by atoms with Gasteiger partial charge < -0.3 is 5.32 Å². The first-order valence-electron chi connectivity index (χ1n) is 10.00. The summed E-state index contributed by atoms with van der Waals surface area (Å²) in [5.74, 6) is -0.279. The Labute approximate surface area is 173 Å². The predicted molar refractivity (Wildman–Crippen MR) is 114 cm³/mol. The van der Waals surface area contributed by atoms with Crippen molar-refractivity contribution in [2.75, 3.05) is 10.8 Å². The van der Waals surface area contributed by atoms with Gasteiger partial charge >= 0.3 is 0 Å². The maximum atomic E-state index is 13.7. The van der Waals surface area contributed by atoms with Crippen LogP contribution in [-0.2, 0) is 21.9 Å². The quantitative estimate of drug-likeness (QED) is 0.782. The SMILES string of the molecule is Cc1cc(C)cc(N(CC(=O)NC2CCCC2)S(=O)(=O)c2c(C)nn(C)c2C)c1. The van der Waals surface area contributed by atoms with Gasteiger partial charge in [0.15, 0.2) is 0 Å². The maximum absolute atomic E-state index is 13.7. The third-order valence-electron chi connectivity index (χ3n) is 5.49. The molecule has 7 nitrogen and oxygen atoms in total. The summed E-state index contributed by atoms with van der Waals surface area (Å²) in [7, 11) is -2.25. The highest BCUT2D eigenvalue weighted by atomic mass is 32.2.